The largest absolute Gasteiger partial charge is 0.349 e. The Hall–Kier alpha value is -1.70. The first-order valence-corrected chi connectivity index (χ1v) is 11.7. The van der Waals surface area contributed by atoms with E-state index >= 15 is 0 Å². The van der Waals surface area contributed by atoms with Crippen LogP contribution in [0.5, 0.6) is 0 Å². The molecule has 1 saturated carbocycles. The molecule has 28 heavy (non-hydrogen) atoms. The van der Waals surface area contributed by atoms with Gasteiger partial charge in [0.1, 0.15) is 0 Å². The summed E-state index contributed by atoms with van der Waals surface area (Å²) < 4.78 is 28.4. The summed E-state index contributed by atoms with van der Waals surface area (Å²) in [4.78, 5) is 14.7. The molecule has 0 bridgehead atoms. The van der Waals surface area contributed by atoms with Crippen molar-refractivity contribution in [1.82, 2.24) is 14.9 Å². The molecule has 0 aromatic heterocycles. The SMILES string of the molecule is C=CCNC(=O)c1cccc(S(=O)(=O)NC2CCN(CC3CCCC3)CC2)c1. The van der Waals surface area contributed by atoms with Crippen molar-refractivity contribution in [3.8, 4) is 0 Å². The number of rotatable bonds is 8. The number of amides is 1. The highest BCUT2D eigenvalue weighted by molar-refractivity contribution is 7.89. The minimum absolute atomic E-state index is 0.0527. The fourth-order valence-electron chi connectivity index (χ4n) is 4.15. The van der Waals surface area contributed by atoms with E-state index in [0.717, 1.165) is 38.4 Å². The quantitative estimate of drug-likeness (QED) is 0.652. The van der Waals surface area contributed by atoms with Crippen LogP contribution in [-0.2, 0) is 10.0 Å². The van der Waals surface area contributed by atoms with E-state index in [0.29, 0.717) is 12.1 Å². The Kier molecular flexibility index (Phi) is 7.26. The Balaban J connectivity index is 1.55. The van der Waals surface area contributed by atoms with Gasteiger partial charge in [-0.3, -0.25) is 4.79 Å². The molecule has 1 heterocycles. The second-order valence-corrected chi connectivity index (χ2v) is 9.59. The third kappa shape index (κ3) is 5.65. The van der Waals surface area contributed by atoms with E-state index in [9.17, 15) is 13.2 Å². The summed E-state index contributed by atoms with van der Waals surface area (Å²) in [6, 6.07) is 6.11. The number of carbonyl (C=O) groups is 1. The Morgan fingerprint density at radius 1 is 1.18 bits per heavy atom. The van der Waals surface area contributed by atoms with Crippen molar-refractivity contribution in [3.63, 3.8) is 0 Å². The van der Waals surface area contributed by atoms with Gasteiger partial charge in [0, 0.05) is 24.7 Å². The molecule has 0 atom stereocenters. The second kappa shape index (κ2) is 9.67. The summed E-state index contributed by atoms with van der Waals surface area (Å²) in [6.07, 6.45) is 8.61. The van der Waals surface area contributed by atoms with Crippen molar-refractivity contribution in [2.24, 2.45) is 5.92 Å². The zero-order chi connectivity index (χ0) is 20.0. The van der Waals surface area contributed by atoms with Gasteiger partial charge in [0.05, 0.1) is 4.90 Å². The molecule has 1 saturated heterocycles. The van der Waals surface area contributed by atoms with Gasteiger partial charge in [-0.15, -0.1) is 6.58 Å². The molecule has 1 aliphatic carbocycles. The Morgan fingerprint density at radius 3 is 2.57 bits per heavy atom. The first-order chi connectivity index (χ1) is 13.5. The Bertz CT molecular complexity index is 780. The normalized spacial score (nSPS) is 19.6. The fraction of sp³-hybridized carbons (Fsp3) is 0.571. The van der Waals surface area contributed by atoms with Crippen LogP contribution in [0.1, 0.15) is 48.9 Å². The van der Waals surface area contributed by atoms with E-state index in [1.165, 1.54) is 37.8 Å². The lowest BCUT2D eigenvalue weighted by Crippen LogP contribution is -2.45. The molecule has 2 fully saturated rings. The highest BCUT2D eigenvalue weighted by atomic mass is 32.2. The van der Waals surface area contributed by atoms with Gasteiger partial charge in [0.2, 0.25) is 10.0 Å². The highest BCUT2D eigenvalue weighted by Crippen LogP contribution is 2.26. The van der Waals surface area contributed by atoms with Crippen LogP contribution in [0.4, 0.5) is 0 Å². The van der Waals surface area contributed by atoms with Crippen molar-refractivity contribution in [1.29, 1.82) is 0 Å². The number of sulfonamides is 1. The van der Waals surface area contributed by atoms with Crippen LogP contribution in [0, 0.1) is 5.92 Å². The van der Waals surface area contributed by atoms with E-state index in [1.807, 2.05) is 0 Å². The lowest BCUT2D eigenvalue weighted by molar-refractivity contribution is 0.0958. The molecule has 6 nitrogen and oxygen atoms in total. The summed E-state index contributed by atoms with van der Waals surface area (Å²) >= 11 is 0. The lowest BCUT2D eigenvalue weighted by atomic mass is 10.0. The molecule has 3 rings (SSSR count). The first kappa shape index (κ1) is 21.0. The third-order valence-electron chi connectivity index (χ3n) is 5.71. The fourth-order valence-corrected chi connectivity index (χ4v) is 5.50. The molecular weight excluding hydrogens is 374 g/mol. The number of likely N-dealkylation sites (tertiary alicyclic amines) is 1. The molecule has 1 aromatic rings. The van der Waals surface area contributed by atoms with Crippen LogP contribution < -0.4 is 10.0 Å². The number of nitrogens with zero attached hydrogens (tertiary/aromatic N) is 1. The topological polar surface area (TPSA) is 78.5 Å². The summed E-state index contributed by atoms with van der Waals surface area (Å²) in [5.74, 6) is 0.514. The van der Waals surface area contributed by atoms with E-state index in [1.54, 1.807) is 18.2 Å². The molecule has 0 radical (unpaired) electrons. The predicted molar refractivity (Wildman–Crippen MR) is 111 cm³/mol. The Morgan fingerprint density at radius 2 is 1.89 bits per heavy atom. The van der Waals surface area contributed by atoms with E-state index < -0.39 is 10.0 Å². The summed E-state index contributed by atoms with van der Waals surface area (Å²) in [6.45, 7) is 6.93. The van der Waals surface area contributed by atoms with Crippen LogP contribution in [0.25, 0.3) is 0 Å². The van der Waals surface area contributed by atoms with Gasteiger partial charge in [0.15, 0.2) is 0 Å². The van der Waals surface area contributed by atoms with Crippen LogP contribution in [0.2, 0.25) is 0 Å². The van der Waals surface area contributed by atoms with Gasteiger partial charge in [-0.05, 0) is 62.9 Å². The smallest absolute Gasteiger partial charge is 0.251 e. The lowest BCUT2D eigenvalue weighted by Gasteiger charge is -2.33. The van der Waals surface area contributed by atoms with Crippen LogP contribution >= 0.6 is 0 Å². The van der Waals surface area contributed by atoms with Gasteiger partial charge in [-0.1, -0.05) is 25.0 Å². The van der Waals surface area contributed by atoms with E-state index in [4.69, 9.17) is 0 Å². The van der Waals surface area contributed by atoms with Gasteiger partial charge >= 0.3 is 0 Å². The van der Waals surface area contributed by atoms with Crippen molar-refractivity contribution in [3.05, 3.63) is 42.5 Å². The van der Waals surface area contributed by atoms with Crippen molar-refractivity contribution in [2.45, 2.75) is 49.5 Å². The molecule has 1 aliphatic heterocycles. The Labute approximate surface area is 168 Å². The minimum atomic E-state index is -3.64. The van der Waals surface area contributed by atoms with E-state index in [2.05, 4.69) is 21.5 Å². The minimum Gasteiger partial charge on any atom is -0.349 e. The molecular formula is C21H31N3O3S. The third-order valence-corrected chi connectivity index (χ3v) is 7.23. The maximum absolute atomic E-state index is 12.8. The molecule has 1 aromatic carbocycles. The predicted octanol–water partition coefficient (Wildman–Crippen LogP) is 2.54. The first-order valence-electron chi connectivity index (χ1n) is 10.2. The number of nitrogens with one attached hydrogen (secondary N) is 2. The number of hydrogen-bond acceptors (Lipinski definition) is 4. The maximum Gasteiger partial charge on any atom is 0.251 e. The molecule has 0 spiro atoms. The standard InChI is InChI=1S/C21H31N3O3S/c1-2-12-22-21(25)18-8-5-9-20(15-18)28(26,27)23-19-10-13-24(14-11-19)16-17-6-3-4-7-17/h2,5,8-9,15,17,19,23H,1,3-4,6-7,10-14,16H2,(H,22,25). The number of piperidine rings is 1. The summed E-state index contributed by atoms with van der Waals surface area (Å²) in [5.41, 5.74) is 0.330. The van der Waals surface area contributed by atoms with Gasteiger partial charge < -0.3 is 10.2 Å². The van der Waals surface area contributed by atoms with Crippen LogP contribution in [0.3, 0.4) is 0 Å². The molecule has 154 valence electrons. The monoisotopic (exact) mass is 405 g/mol. The molecule has 1 amide bonds. The molecule has 7 heteroatoms. The molecule has 2 aliphatic rings. The zero-order valence-corrected chi connectivity index (χ0v) is 17.2. The highest BCUT2D eigenvalue weighted by Gasteiger charge is 2.27. The maximum atomic E-state index is 12.8. The van der Waals surface area contributed by atoms with Crippen molar-refractivity contribution < 1.29 is 13.2 Å². The number of carbonyl (C=O) groups excluding carboxylic acids is 1. The van der Waals surface area contributed by atoms with Crippen LogP contribution in [0.15, 0.2) is 41.8 Å². The second-order valence-electron chi connectivity index (χ2n) is 7.87. The number of hydrogen-bond donors (Lipinski definition) is 2. The molecule has 2 N–H and O–H groups in total. The average molecular weight is 406 g/mol. The summed E-state index contributed by atoms with van der Waals surface area (Å²) in [5, 5.41) is 2.67. The average Bonchev–Trinajstić information content (AvgIpc) is 3.20. The van der Waals surface area contributed by atoms with Gasteiger partial charge in [-0.25, -0.2) is 13.1 Å². The molecule has 0 unspecified atom stereocenters. The van der Waals surface area contributed by atoms with Crippen molar-refractivity contribution in [2.75, 3.05) is 26.2 Å². The van der Waals surface area contributed by atoms with Gasteiger partial charge in [0.25, 0.3) is 5.91 Å². The van der Waals surface area contributed by atoms with Crippen molar-refractivity contribution >= 4 is 15.9 Å². The van der Waals surface area contributed by atoms with E-state index in [-0.39, 0.29) is 16.8 Å². The number of benzene rings is 1. The zero-order valence-electron chi connectivity index (χ0n) is 16.4. The van der Waals surface area contributed by atoms with Gasteiger partial charge in [-0.2, -0.15) is 0 Å². The van der Waals surface area contributed by atoms with Crippen LogP contribution in [-0.4, -0.2) is 51.4 Å². The summed E-state index contributed by atoms with van der Waals surface area (Å²) in [7, 11) is -3.64.